The smallest absolute Gasteiger partial charge is 0.264 e. The molecule has 3 heterocycles. The van der Waals surface area contributed by atoms with Crippen LogP contribution in [0.3, 0.4) is 0 Å². The van der Waals surface area contributed by atoms with Crippen LogP contribution < -0.4 is 34.4 Å². The fourth-order valence-electron chi connectivity index (χ4n) is 4.90. The lowest BCUT2D eigenvalue weighted by Crippen LogP contribution is -2.40. The second-order valence-electron chi connectivity index (χ2n) is 9.99. The van der Waals surface area contributed by atoms with Crippen LogP contribution in [0.25, 0.3) is 0 Å². The molecule has 1 N–H and O–H groups in total. The van der Waals surface area contributed by atoms with Crippen LogP contribution in [0.15, 0.2) is 29.3 Å². The van der Waals surface area contributed by atoms with Gasteiger partial charge in [0, 0.05) is 31.2 Å². The van der Waals surface area contributed by atoms with E-state index in [1.165, 1.54) is 6.42 Å². The molecule has 3 aliphatic rings. The molecule has 0 bridgehead atoms. The Balaban J connectivity index is 1.41. The van der Waals surface area contributed by atoms with Crippen molar-refractivity contribution in [2.75, 3.05) is 50.0 Å². The van der Waals surface area contributed by atoms with Crippen LogP contribution >= 0.6 is 0 Å². The first kappa shape index (κ1) is 24.8. The summed E-state index contributed by atoms with van der Waals surface area (Å²) >= 11 is 0. The van der Waals surface area contributed by atoms with E-state index in [9.17, 15) is 8.42 Å². The van der Waals surface area contributed by atoms with E-state index >= 15 is 0 Å². The molecular weight excluding hydrogens is 482 g/mol. The molecule has 3 aliphatic heterocycles. The van der Waals surface area contributed by atoms with Gasteiger partial charge in [-0.05, 0) is 25.2 Å². The molecular formula is C26H34N3O6S+. The van der Waals surface area contributed by atoms with Crippen LogP contribution in [-0.2, 0) is 10.1 Å². The molecule has 2 aromatic carbocycles. The van der Waals surface area contributed by atoms with E-state index in [0.29, 0.717) is 62.2 Å². The normalized spacial score (nSPS) is 16.1. The van der Waals surface area contributed by atoms with Crippen LogP contribution in [0.1, 0.15) is 39.5 Å². The van der Waals surface area contributed by atoms with E-state index in [2.05, 4.69) is 23.3 Å². The van der Waals surface area contributed by atoms with Crippen molar-refractivity contribution in [3.05, 3.63) is 35.0 Å². The van der Waals surface area contributed by atoms with E-state index in [-0.39, 0.29) is 5.75 Å². The quantitative estimate of drug-likeness (QED) is 0.265. The Hall–Kier alpha value is -2.85. The maximum Gasteiger partial charge on any atom is 0.264 e. The highest BCUT2D eigenvalue weighted by molar-refractivity contribution is 7.85. The molecule has 0 atom stereocenters. The molecule has 5 rings (SSSR count). The molecule has 0 spiro atoms. The maximum atomic E-state index is 11.0. The molecule has 9 nitrogen and oxygen atoms in total. The second kappa shape index (κ2) is 10.3. The minimum atomic E-state index is -3.94. The van der Waals surface area contributed by atoms with Crippen molar-refractivity contribution in [3.8, 4) is 23.0 Å². The van der Waals surface area contributed by atoms with Crippen LogP contribution in [0.5, 0.6) is 23.0 Å². The SMILES string of the molecule is CC(C)CCC[N+]1=c2cc3c(cc2OCC1)=Nc1cc2c(cc1O3)N(CCCCS(=O)(=O)O)CCO2. The Morgan fingerprint density at radius 2 is 1.86 bits per heavy atom. The summed E-state index contributed by atoms with van der Waals surface area (Å²) in [6.07, 6.45) is 3.37. The fraction of sp³-hybridized carbons (Fsp3) is 0.538. The van der Waals surface area contributed by atoms with Gasteiger partial charge in [-0.1, -0.05) is 13.8 Å². The summed E-state index contributed by atoms with van der Waals surface area (Å²) in [6.45, 7) is 8.90. The number of benzene rings is 2. The summed E-state index contributed by atoms with van der Waals surface area (Å²) in [5.74, 6) is 3.40. The molecule has 0 saturated heterocycles. The number of rotatable bonds is 9. The van der Waals surface area contributed by atoms with Crippen LogP contribution in [0, 0.1) is 5.92 Å². The van der Waals surface area contributed by atoms with Crippen LogP contribution in [-0.4, -0.2) is 58.1 Å². The van der Waals surface area contributed by atoms with Gasteiger partial charge in [-0.2, -0.15) is 8.42 Å². The van der Waals surface area contributed by atoms with Gasteiger partial charge in [-0.25, -0.2) is 9.57 Å². The number of nitrogens with zero attached hydrogens (tertiary/aromatic N) is 3. The van der Waals surface area contributed by atoms with Gasteiger partial charge in [-0.3, -0.25) is 4.55 Å². The summed E-state index contributed by atoms with van der Waals surface area (Å²) in [4.78, 5) is 7.01. The van der Waals surface area contributed by atoms with Gasteiger partial charge in [0.1, 0.15) is 36.6 Å². The third-order valence-electron chi connectivity index (χ3n) is 6.75. The highest BCUT2D eigenvalue weighted by atomic mass is 32.2. The Bertz CT molecular complexity index is 1370. The van der Waals surface area contributed by atoms with E-state index < -0.39 is 10.1 Å². The summed E-state index contributed by atoms with van der Waals surface area (Å²) in [7, 11) is -3.94. The highest BCUT2D eigenvalue weighted by Crippen LogP contribution is 2.44. The monoisotopic (exact) mass is 516 g/mol. The van der Waals surface area contributed by atoms with Gasteiger partial charge < -0.3 is 19.1 Å². The van der Waals surface area contributed by atoms with Crippen molar-refractivity contribution >= 4 is 21.5 Å². The summed E-state index contributed by atoms with van der Waals surface area (Å²) in [5, 5.41) is 1.78. The molecule has 0 radical (unpaired) electrons. The first-order chi connectivity index (χ1) is 17.3. The van der Waals surface area contributed by atoms with Crippen molar-refractivity contribution in [2.45, 2.75) is 39.5 Å². The zero-order chi connectivity index (χ0) is 25.3. The van der Waals surface area contributed by atoms with Crippen molar-refractivity contribution in [2.24, 2.45) is 10.9 Å². The average molecular weight is 517 g/mol. The highest BCUT2D eigenvalue weighted by Gasteiger charge is 2.26. The molecule has 0 aliphatic carbocycles. The molecule has 2 aromatic rings. The molecule has 194 valence electrons. The van der Waals surface area contributed by atoms with Gasteiger partial charge >= 0.3 is 0 Å². The third-order valence-corrected chi connectivity index (χ3v) is 7.56. The molecule has 36 heavy (non-hydrogen) atoms. The predicted octanol–water partition coefficient (Wildman–Crippen LogP) is 2.93. The summed E-state index contributed by atoms with van der Waals surface area (Å²) < 4.78 is 51.6. The van der Waals surface area contributed by atoms with Gasteiger partial charge in [0.05, 0.1) is 24.1 Å². The largest absolute Gasteiger partial charge is 0.489 e. The molecule has 10 heteroatoms. The molecule has 0 fully saturated rings. The number of hydrogen-bond donors (Lipinski definition) is 1. The summed E-state index contributed by atoms with van der Waals surface area (Å²) in [6, 6.07) is 7.85. The molecule has 0 unspecified atom stereocenters. The zero-order valence-electron chi connectivity index (χ0n) is 20.9. The molecule has 0 amide bonds. The number of anilines is 1. The van der Waals surface area contributed by atoms with Gasteiger partial charge in [0.15, 0.2) is 23.8 Å². The predicted molar refractivity (Wildman–Crippen MR) is 137 cm³/mol. The Kier molecular flexibility index (Phi) is 7.07. The van der Waals surface area contributed by atoms with Crippen molar-refractivity contribution in [1.29, 1.82) is 0 Å². The van der Waals surface area contributed by atoms with Gasteiger partial charge in [-0.15, -0.1) is 0 Å². The Morgan fingerprint density at radius 3 is 2.67 bits per heavy atom. The van der Waals surface area contributed by atoms with E-state index in [0.717, 1.165) is 47.4 Å². The fourth-order valence-corrected chi connectivity index (χ4v) is 5.47. The van der Waals surface area contributed by atoms with E-state index in [1.807, 2.05) is 24.3 Å². The lowest BCUT2D eigenvalue weighted by molar-refractivity contribution is 0.268. The number of unbranched alkanes of at least 4 members (excludes halogenated alkanes) is 1. The van der Waals surface area contributed by atoms with Gasteiger partial charge in [0.2, 0.25) is 5.36 Å². The van der Waals surface area contributed by atoms with Crippen LogP contribution in [0.4, 0.5) is 11.4 Å². The zero-order valence-corrected chi connectivity index (χ0v) is 21.7. The minimum Gasteiger partial charge on any atom is -0.489 e. The lowest BCUT2D eigenvalue weighted by Gasteiger charge is -2.32. The number of ether oxygens (including phenoxy) is 3. The molecule has 0 aromatic heterocycles. The Morgan fingerprint density at radius 1 is 1.03 bits per heavy atom. The topological polar surface area (TPSA) is 101 Å². The van der Waals surface area contributed by atoms with Gasteiger partial charge in [0.25, 0.3) is 10.1 Å². The standard InChI is InChI=1S/C26H33N3O6S/c1-18(2)6-5-8-29-10-12-34-26-15-20-24(17-22(26)29)35-23-16-21-25(14-19(23)27-20)33-11-9-28(21)7-3-4-13-36(30,31)32/h14-18H,3-13H2,1-2H3/p+1. The van der Waals surface area contributed by atoms with E-state index in [4.69, 9.17) is 23.8 Å². The first-order valence-corrected chi connectivity index (χ1v) is 14.3. The van der Waals surface area contributed by atoms with Crippen molar-refractivity contribution in [3.63, 3.8) is 0 Å². The third kappa shape index (κ3) is 5.59. The maximum absolute atomic E-state index is 11.0. The average Bonchev–Trinajstić information content (AvgIpc) is 2.82. The first-order valence-electron chi connectivity index (χ1n) is 12.7. The minimum absolute atomic E-state index is 0.227. The lowest BCUT2D eigenvalue weighted by atomic mass is 10.1. The second-order valence-corrected chi connectivity index (χ2v) is 11.6. The summed E-state index contributed by atoms with van der Waals surface area (Å²) in [5.41, 5.74) is 1.61. The van der Waals surface area contributed by atoms with Crippen molar-refractivity contribution in [1.82, 2.24) is 4.58 Å². The van der Waals surface area contributed by atoms with Crippen molar-refractivity contribution < 1.29 is 27.2 Å². The molecule has 0 saturated carbocycles. The Labute approximate surface area is 211 Å². The van der Waals surface area contributed by atoms with Crippen LogP contribution in [0.2, 0.25) is 0 Å². The number of fused-ring (bicyclic) bond motifs is 4. The van der Waals surface area contributed by atoms with E-state index in [1.54, 1.807) is 0 Å². The number of hydrogen-bond acceptors (Lipinski definition) is 7.